The summed E-state index contributed by atoms with van der Waals surface area (Å²) in [6.07, 6.45) is 5.25. The van der Waals surface area contributed by atoms with Crippen LogP contribution in [0.15, 0.2) is 6.20 Å². The summed E-state index contributed by atoms with van der Waals surface area (Å²) in [5, 5.41) is 4.32. The van der Waals surface area contributed by atoms with E-state index in [-0.39, 0.29) is 17.9 Å². The molecule has 2 unspecified atom stereocenters. The lowest BCUT2D eigenvalue weighted by atomic mass is 9.94. The number of carbonyl (C=O) groups is 2. The number of hydrogen-bond acceptors (Lipinski definition) is 3. The maximum atomic E-state index is 12.9. The average molecular weight is 290 g/mol. The molecule has 114 valence electrons. The number of anilines is 1. The topological polar surface area (TPSA) is 58.4 Å². The van der Waals surface area contributed by atoms with E-state index in [9.17, 15) is 9.59 Å². The van der Waals surface area contributed by atoms with E-state index in [2.05, 4.69) is 5.10 Å². The third-order valence-corrected chi connectivity index (χ3v) is 4.54. The second-order valence-corrected chi connectivity index (χ2v) is 5.95. The molecule has 0 N–H and O–H groups in total. The minimum atomic E-state index is -0.394. The number of nitrogens with zero attached hydrogens (tertiary/aromatic N) is 4. The third kappa shape index (κ3) is 2.13. The Kier molecular flexibility index (Phi) is 3.47. The molecule has 0 saturated carbocycles. The normalized spacial score (nSPS) is 26.2. The van der Waals surface area contributed by atoms with E-state index in [4.69, 9.17) is 0 Å². The minimum Gasteiger partial charge on any atom is -0.329 e. The van der Waals surface area contributed by atoms with Crippen LogP contribution in [-0.4, -0.2) is 45.1 Å². The first-order chi connectivity index (χ1) is 10.0. The highest BCUT2D eigenvalue weighted by molar-refractivity contribution is 6.08. The monoisotopic (exact) mass is 290 g/mol. The first-order valence-corrected chi connectivity index (χ1v) is 7.68. The van der Waals surface area contributed by atoms with E-state index in [1.807, 2.05) is 27.1 Å². The Balaban J connectivity index is 2.03. The van der Waals surface area contributed by atoms with Gasteiger partial charge >= 0.3 is 0 Å². The van der Waals surface area contributed by atoms with Gasteiger partial charge in [-0.3, -0.25) is 19.2 Å². The predicted molar refractivity (Wildman–Crippen MR) is 78.9 cm³/mol. The van der Waals surface area contributed by atoms with Crippen LogP contribution in [0.3, 0.4) is 0 Å². The zero-order chi connectivity index (χ0) is 15.1. The molecule has 21 heavy (non-hydrogen) atoms. The molecule has 2 atom stereocenters. The maximum Gasteiger partial charge on any atom is 0.250 e. The van der Waals surface area contributed by atoms with E-state index in [0.717, 1.165) is 30.6 Å². The SMILES string of the molecule is CCC1C(=O)N2CCCCC2C(=O)N1c1cn(C)nc1C. The molecule has 0 aromatic carbocycles. The molecule has 0 aliphatic carbocycles. The van der Waals surface area contributed by atoms with E-state index < -0.39 is 6.04 Å². The van der Waals surface area contributed by atoms with Crippen LogP contribution in [0, 0.1) is 6.92 Å². The van der Waals surface area contributed by atoms with Crippen LogP contribution in [0.4, 0.5) is 5.69 Å². The number of fused-ring (bicyclic) bond motifs is 1. The van der Waals surface area contributed by atoms with Crippen molar-refractivity contribution in [1.82, 2.24) is 14.7 Å². The Hall–Kier alpha value is -1.85. The van der Waals surface area contributed by atoms with Crippen molar-refractivity contribution < 1.29 is 9.59 Å². The van der Waals surface area contributed by atoms with Crippen molar-refractivity contribution in [1.29, 1.82) is 0 Å². The fourth-order valence-corrected chi connectivity index (χ4v) is 3.54. The van der Waals surface area contributed by atoms with E-state index in [1.54, 1.807) is 14.5 Å². The average Bonchev–Trinajstić information content (AvgIpc) is 2.81. The van der Waals surface area contributed by atoms with Gasteiger partial charge in [0.1, 0.15) is 12.1 Å². The Labute approximate surface area is 124 Å². The predicted octanol–water partition coefficient (Wildman–Crippen LogP) is 1.23. The van der Waals surface area contributed by atoms with Crippen LogP contribution in [0.1, 0.15) is 38.3 Å². The van der Waals surface area contributed by atoms with Gasteiger partial charge in [0.05, 0.1) is 11.4 Å². The van der Waals surface area contributed by atoms with Gasteiger partial charge in [-0.25, -0.2) is 0 Å². The van der Waals surface area contributed by atoms with E-state index in [0.29, 0.717) is 13.0 Å². The molecule has 0 radical (unpaired) electrons. The van der Waals surface area contributed by atoms with Gasteiger partial charge in [-0.05, 0) is 32.6 Å². The Bertz CT molecular complexity index is 580. The summed E-state index contributed by atoms with van der Waals surface area (Å²) in [4.78, 5) is 29.2. The van der Waals surface area contributed by atoms with E-state index >= 15 is 0 Å². The highest BCUT2D eigenvalue weighted by atomic mass is 16.2. The highest BCUT2D eigenvalue weighted by Crippen LogP contribution is 2.32. The molecule has 2 saturated heterocycles. The van der Waals surface area contributed by atoms with Crippen molar-refractivity contribution in [2.24, 2.45) is 7.05 Å². The molecule has 6 heteroatoms. The summed E-state index contributed by atoms with van der Waals surface area (Å²) >= 11 is 0. The zero-order valence-corrected chi connectivity index (χ0v) is 12.9. The smallest absolute Gasteiger partial charge is 0.250 e. The summed E-state index contributed by atoms with van der Waals surface area (Å²) in [5.74, 6) is 0.141. The number of hydrogen-bond donors (Lipinski definition) is 0. The van der Waals surface area contributed by atoms with Crippen molar-refractivity contribution in [3.63, 3.8) is 0 Å². The molecule has 2 amide bonds. The van der Waals surface area contributed by atoms with Crippen molar-refractivity contribution in [3.8, 4) is 0 Å². The molecule has 2 fully saturated rings. The van der Waals surface area contributed by atoms with Crippen LogP contribution in [0.5, 0.6) is 0 Å². The summed E-state index contributed by atoms with van der Waals surface area (Å²) in [6, 6.07) is -0.677. The summed E-state index contributed by atoms with van der Waals surface area (Å²) in [5.41, 5.74) is 1.56. The minimum absolute atomic E-state index is 0.0530. The maximum absolute atomic E-state index is 12.9. The molecular formula is C15H22N4O2. The number of amides is 2. The lowest BCUT2D eigenvalue weighted by Gasteiger charge is -2.46. The van der Waals surface area contributed by atoms with Crippen LogP contribution in [-0.2, 0) is 16.6 Å². The standard InChI is InChI=1S/C15H22N4O2/c1-4-11-14(20)18-8-6-5-7-12(18)15(21)19(11)13-9-17(3)16-10(13)2/h9,11-12H,4-8H2,1-3H3. The Morgan fingerprint density at radius 3 is 2.67 bits per heavy atom. The fourth-order valence-electron chi connectivity index (χ4n) is 3.54. The van der Waals surface area contributed by atoms with Crippen LogP contribution < -0.4 is 4.90 Å². The van der Waals surface area contributed by atoms with Crippen LogP contribution in [0.25, 0.3) is 0 Å². The van der Waals surface area contributed by atoms with E-state index in [1.165, 1.54) is 0 Å². The van der Waals surface area contributed by atoms with Gasteiger partial charge < -0.3 is 4.90 Å². The molecule has 1 aromatic rings. The number of rotatable bonds is 2. The quantitative estimate of drug-likeness (QED) is 0.823. The van der Waals surface area contributed by atoms with Crippen molar-refractivity contribution in [2.45, 2.75) is 51.6 Å². The molecule has 2 aliphatic heterocycles. The second-order valence-electron chi connectivity index (χ2n) is 5.95. The van der Waals surface area contributed by atoms with Crippen LogP contribution in [0.2, 0.25) is 0 Å². The van der Waals surface area contributed by atoms with Gasteiger partial charge in [0.2, 0.25) is 5.91 Å². The summed E-state index contributed by atoms with van der Waals surface area (Å²) < 4.78 is 1.70. The molecule has 6 nitrogen and oxygen atoms in total. The van der Waals surface area contributed by atoms with Crippen molar-refractivity contribution >= 4 is 17.5 Å². The van der Waals surface area contributed by atoms with Gasteiger partial charge in [0.15, 0.2) is 0 Å². The molecule has 0 spiro atoms. The first kappa shape index (κ1) is 14.1. The number of aryl methyl sites for hydroxylation is 2. The largest absolute Gasteiger partial charge is 0.329 e. The second kappa shape index (κ2) is 5.16. The lowest BCUT2D eigenvalue weighted by Crippen LogP contribution is -2.66. The molecular weight excluding hydrogens is 268 g/mol. The van der Waals surface area contributed by atoms with Gasteiger partial charge in [-0.2, -0.15) is 5.10 Å². The molecule has 3 rings (SSSR count). The summed E-state index contributed by atoms with van der Waals surface area (Å²) in [7, 11) is 1.83. The lowest BCUT2D eigenvalue weighted by molar-refractivity contribution is -0.148. The molecule has 3 heterocycles. The number of piperidine rings is 1. The zero-order valence-electron chi connectivity index (χ0n) is 12.9. The first-order valence-electron chi connectivity index (χ1n) is 7.68. The van der Waals surface area contributed by atoms with Crippen LogP contribution >= 0.6 is 0 Å². The number of carbonyl (C=O) groups excluding carboxylic acids is 2. The number of piperazine rings is 1. The number of aromatic nitrogens is 2. The highest BCUT2D eigenvalue weighted by Gasteiger charge is 2.47. The van der Waals surface area contributed by atoms with Gasteiger partial charge in [0.25, 0.3) is 5.91 Å². The van der Waals surface area contributed by atoms with Gasteiger partial charge in [0, 0.05) is 19.8 Å². The van der Waals surface area contributed by atoms with Crippen molar-refractivity contribution in [2.75, 3.05) is 11.4 Å². The fraction of sp³-hybridized carbons (Fsp3) is 0.667. The molecule has 0 bridgehead atoms. The van der Waals surface area contributed by atoms with Gasteiger partial charge in [-0.15, -0.1) is 0 Å². The summed E-state index contributed by atoms with van der Waals surface area (Å²) in [6.45, 7) is 4.55. The molecule has 1 aromatic heterocycles. The third-order valence-electron chi connectivity index (χ3n) is 4.54. The van der Waals surface area contributed by atoms with Crippen molar-refractivity contribution in [3.05, 3.63) is 11.9 Å². The van der Waals surface area contributed by atoms with Gasteiger partial charge in [-0.1, -0.05) is 6.92 Å². The Morgan fingerprint density at radius 2 is 2.05 bits per heavy atom. The molecule has 2 aliphatic rings. The Morgan fingerprint density at radius 1 is 1.29 bits per heavy atom.